The maximum atomic E-state index is 8.96. The average molecular weight is 329 g/mol. The zero-order valence-corrected chi connectivity index (χ0v) is 14.0. The number of ether oxygens (including phenoxy) is 1. The van der Waals surface area contributed by atoms with Crippen molar-refractivity contribution in [3.63, 3.8) is 0 Å². The number of methoxy groups -OCH3 is 1. The quantitative estimate of drug-likeness (QED) is 0.678. The van der Waals surface area contributed by atoms with Crippen LogP contribution in [0.1, 0.15) is 11.3 Å². The molecule has 0 aliphatic carbocycles. The second-order valence-corrected chi connectivity index (χ2v) is 6.37. The van der Waals surface area contributed by atoms with Crippen LogP contribution in [-0.2, 0) is 0 Å². The summed E-state index contributed by atoms with van der Waals surface area (Å²) in [4.78, 5) is 11.0. The normalized spacial score (nSPS) is 10.9. The molecular formula is C17H19N3O2S. The molecule has 0 radical (unpaired) electrons. The van der Waals surface area contributed by atoms with E-state index in [1.165, 1.54) is 4.88 Å². The van der Waals surface area contributed by atoms with E-state index in [1.807, 2.05) is 12.1 Å². The van der Waals surface area contributed by atoms with Gasteiger partial charge >= 0.3 is 0 Å². The van der Waals surface area contributed by atoms with Crippen molar-refractivity contribution in [3.05, 3.63) is 35.5 Å². The Kier molecular flexibility index (Phi) is 4.73. The highest BCUT2D eigenvalue weighted by atomic mass is 32.1. The van der Waals surface area contributed by atoms with Gasteiger partial charge in [0.1, 0.15) is 22.7 Å². The molecule has 23 heavy (non-hydrogen) atoms. The van der Waals surface area contributed by atoms with Crippen molar-refractivity contribution in [3.8, 4) is 16.9 Å². The topological polar surface area (TPSA) is 67.3 Å². The number of hydrogen-bond donors (Lipinski definition) is 2. The Labute approximate surface area is 139 Å². The van der Waals surface area contributed by atoms with Crippen LogP contribution in [0.4, 0.5) is 5.82 Å². The largest absolute Gasteiger partial charge is 0.497 e. The van der Waals surface area contributed by atoms with Crippen molar-refractivity contribution in [1.29, 1.82) is 0 Å². The molecule has 0 atom stereocenters. The van der Waals surface area contributed by atoms with Crippen LogP contribution in [-0.4, -0.2) is 35.3 Å². The predicted molar refractivity (Wildman–Crippen MR) is 94.3 cm³/mol. The van der Waals surface area contributed by atoms with Crippen LogP contribution in [0.5, 0.6) is 5.75 Å². The molecule has 0 aliphatic rings. The summed E-state index contributed by atoms with van der Waals surface area (Å²) in [5.41, 5.74) is 2.27. The molecule has 6 heteroatoms. The molecule has 0 amide bonds. The third-order valence-electron chi connectivity index (χ3n) is 3.67. The number of aryl methyl sites for hydroxylation is 1. The van der Waals surface area contributed by atoms with E-state index < -0.39 is 0 Å². The molecule has 2 aromatic heterocycles. The van der Waals surface area contributed by atoms with Gasteiger partial charge in [-0.25, -0.2) is 9.97 Å². The lowest BCUT2D eigenvalue weighted by molar-refractivity contribution is 0.292. The fourth-order valence-electron chi connectivity index (χ4n) is 2.57. The number of hydrogen-bond acceptors (Lipinski definition) is 6. The molecule has 0 bridgehead atoms. The molecule has 0 saturated carbocycles. The number of anilines is 1. The average Bonchev–Trinajstić information content (AvgIpc) is 2.92. The molecule has 2 N–H and O–H groups in total. The Morgan fingerprint density at radius 3 is 2.70 bits per heavy atom. The van der Waals surface area contributed by atoms with Gasteiger partial charge in [0, 0.05) is 23.6 Å². The van der Waals surface area contributed by atoms with Crippen LogP contribution in [0.15, 0.2) is 30.6 Å². The summed E-state index contributed by atoms with van der Waals surface area (Å²) in [7, 11) is 1.66. The molecule has 3 aromatic rings. The molecule has 3 rings (SSSR count). The fourth-order valence-corrected chi connectivity index (χ4v) is 3.58. The molecular weight excluding hydrogens is 310 g/mol. The van der Waals surface area contributed by atoms with E-state index >= 15 is 0 Å². The third kappa shape index (κ3) is 3.13. The van der Waals surface area contributed by atoms with Crippen LogP contribution < -0.4 is 10.1 Å². The summed E-state index contributed by atoms with van der Waals surface area (Å²) in [6, 6.07) is 8.03. The Balaban J connectivity index is 2.09. The lowest BCUT2D eigenvalue weighted by atomic mass is 10.0. The van der Waals surface area contributed by atoms with Gasteiger partial charge in [-0.2, -0.15) is 0 Å². The SMILES string of the molecule is COc1ccc(-c2c(C)sc3ncnc(NCCCO)c23)cc1. The zero-order valence-electron chi connectivity index (χ0n) is 13.2. The number of aliphatic hydroxyl groups is 1. The summed E-state index contributed by atoms with van der Waals surface area (Å²) in [5, 5.41) is 13.3. The minimum absolute atomic E-state index is 0.162. The molecule has 2 heterocycles. The second-order valence-electron chi connectivity index (χ2n) is 5.17. The third-order valence-corrected chi connectivity index (χ3v) is 4.68. The highest BCUT2D eigenvalue weighted by Crippen LogP contribution is 2.40. The van der Waals surface area contributed by atoms with Crippen LogP contribution in [0.3, 0.4) is 0 Å². The lowest BCUT2D eigenvalue weighted by Gasteiger charge is -2.09. The highest BCUT2D eigenvalue weighted by Gasteiger charge is 2.16. The van der Waals surface area contributed by atoms with Gasteiger partial charge in [-0.3, -0.25) is 0 Å². The van der Waals surface area contributed by atoms with Crippen LogP contribution in [0.25, 0.3) is 21.3 Å². The molecule has 120 valence electrons. The number of fused-ring (bicyclic) bond motifs is 1. The maximum Gasteiger partial charge on any atom is 0.138 e. The van der Waals surface area contributed by atoms with Crippen molar-refractivity contribution in [2.24, 2.45) is 0 Å². The summed E-state index contributed by atoms with van der Waals surface area (Å²) in [6.45, 7) is 2.94. The second kappa shape index (κ2) is 6.93. The first kappa shape index (κ1) is 15.7. The number of aromatic nitrogens is 2. The first-order valence-electron chi connectivity index (χ1n) is 7.48. The van der Waals surface area contributed by atoms with Crippen molar-refractivity contribution < 1.29 is 9.84 Å². The van der Waals surface area contributed by atoms with Gasteiger partial charge in [-0.1, -0.05) is 12.1 Å². The zero-order chi connectivity index (χ0) is 16.2. The monoisotopic (exact) mass is 329 g/mol. The maximum absolute atomic E-state index is 8.96. The number of nitrogens with zero attached hydrogens (tertiary/aromatic N) is 2. The van der Waals surface area contributed by atoms with Gasteiger partial charge in [-0.05, 0) is 31.0 Å². The summed E-state index contributed by atoms with van der Waals surface area (Å²) in [5.74, 6) is 1.65. The van der Waals surface area contributed by atoms with E-state index in [-0.39, 0.29) is 6.61 Å². The van der Waals surface area contributed by atoms with Crippen molar-refractivity contribution in [1.82, 2.24) is 9.97 Å². The van der Waals surface area contributed by atoms with Crippen LogP contribution >= 0.6 is 11.3 Å². The standard InChI is InChI=1S/C17H19N3O2S/c1-11-14(12-4-6-13(22-2)7-5-12)15-16(18-8-3-9-21)19-10-20-17(15)23-11/h4-7,10,21H,3,8-9H2,1-2H3,(H,18,19,20). The van der Waals surface area contributed by atoms with Crippen LogP contribution in [0, 0.1) is 6.92 Å². The molecule has 5 nitrogen and oxygen atoms in total. The van der Waals surface area contributed by atoms with Gasteiger partial charge in [0.2, 0.25) is 0 Å². The van der Waals surface area contributed by atoms with E-state index in [4.69, 9.17) is 9.84 Å². The number of aliphatic hydroxyl groups excluding tert-OH is 1. The Morgan fingerprint density at radius 1 is 1.22 bits per heavy atom. The van der Waals surface area contributed by atoms with Crippen molar-refractivity contribution >= 4 is 27.4 Å². The Bertz CT molecular complexity index is 799. The first-order chi connectivity index (χ1) is 11.2. The lowest BCUT2D eigenvalue weighted by Crippen LogP contribution is -2.05. The summed E-state index contributed by atoms with van der Waals surface area (Å²) >= 11 is 1.67. The molecule has 0 fully saturated rings. The van der Waals surface area contributed by atoms with Gasteiger partial charge in [0.05, 0.1) is 12.5 Å². The van der Waals surface area contributed by atoms with Crippen molar-refractivity contribution in [2.45, 2.75) is 13.3 Å². The van der Waals surface area contributed by atoms with E-state index in [9.17, 15) is 0 Å². The summed E-state index contributed by atoms with van der Waals surface area (Å²) < 4.78 is 5.24. The van der Waals surface area contributed by atoms with E-state index in [0.717, 1.165) is 32.9 Å². The first-order valence-corrected chi connectivity index (χ1v) is 8.29. The number of rotatable bonds is 6. The Hall–Kier alpha value is -2.18. The predicted octanol–water partition coefficient (Wildman–Crippen LogP) is 3.47. The smallest absolute Gasteiger partial charge is 0.138 e. The Morgan fingerprint density at radius 2 is 2.00 bits per heavy atom. The van der Waals surface area contributed by atoms with Crippen LogP contribution in [0.2, 0.25) is 0 Å². The number of nitrogens with one attached hydrogen (secondary N) is 1. The number of benzene rings is 1. The highest BCUT2D eigenvalue weighted by molar-refractivity contribution is 7.19. The minimum Gasteiger partial charge on any atom is -0.497 e. The van der Waals surface area contributed by atoms with Gasteiger partial charge in [0.15, 0.2) is 0 Å². The molecule has 0 aliphatic heterocycles. The van der Waals surface area contributed by atoms with Gasteiger partial charge in [-0.15, -0.1) is 11.3 Å². The van der Waals surface area contributed by atoms with E-state index in [1.54, 1.807) is 24.8 Å². The van der Waals surface area contributed by atoms with E-state index in [2.05, 4.69) is 34.3 Å². The minimum atomic E-state index is 0.162. The van der Waals surface area contributed by atoms with Gasteiger partial charge < -0.3 is 15.2 Å². The molecule has 0 spiro atoms. The molecule has 1 aromatic carbocycles. The number of thiophene rings is 1. The summed E-state index contributed by atoms with van der Waals surface area (Å²) in [6.07, 6.45) is 2.27. The van der Waals surface area contributed by atoms with Crippen molar-refractivity contribution in [2.75, 3.05) is 25.6 Å². The molecule has 0 saturated heterocycles. The molecule has 0 unspecified atom stereocenters. The van der Waals surface area contributed by atoms with E-state index in [0.29, 0.717) is 13.0 Å². The van der Waals surface area contributed by atoms with Gasteiger partial charge in [0.25, 0.3) is 0 Å². The fraction of sp³-hybridized carbons (Fsp3) is 0.294.